The average molecular weight is 571 g/mol. The van der Waals surface area contributed by atoms with E-state index in [1.165, 1.54) is 16.6 Å². The Bertz CT molecular complexity index is 1310. The third-order valence-electron chi connectivity index (χ3n) is 8.14. The molecule has 42 heavy (non-hydrogen) atoms. The van der Waals surface area contributed by atoms with Crippen LogP contribution in [0.3, 0.4) is 0 Å². The fourth-order valence-corrected chi connectivity index (χ4v) is 5.44. The smallest absolute Gasteiger partial charge is 0.121 e. The standard InChI is InChI=1S/C36H50N4O2/c1-5-38(6-2)24-12-26-40-35-28-33(41-27-13-25-39(7-3)8-4)21-22-34(35)37-36(40)23-18-30-16-19-32(20-17-30)42-29-31-14-10-9-11-15-31/h9-11,14-17,19-22,28H,5-8,12-13,18,23-27,29H2,1-4H3. The van der Waals surface area contributed by atoms with Crippen LogP contribution in [0.15, 0.2) is 72.8 Å². The van der Waals surface area contributed by atoms with Crippen molar-refractivity contribution in [3.63, 3.8) is 0 Å². The second-order valence-electron chi connectivity index (χ2n) is 10.9. The highest BCUT2D eigenvalue weighted by Crippen LogP contribution is 2.24. The van der Waals surface area contributed by atoms with E-state index in [1.54, 1.807) is 0 Å². The van der Waals surface area contributed by atoms with E-state index in [9.17, 15) is 0 Å². The molecule has 0 saturated heterocycles. The molecule has 0 aliphatic carbocycles. The number of ether oxygens (including phenoxy) is 2. The van der Waals surface area contributed by atoms with E-state index in [1.807, 2.05) is 18.2 Å². The Hall–Kier alpha value is -3.35. The summed E-state index contributed by atoms with van der Waals surface area (Å²) < 4.78 is 14.6. The molecule has 0 aliphatic heterocycles. The third kappa shape index (κ3) is 9.33. The van der Waals surface area contributed by atoms with Gasteiger partial charge >= 0.3 is 0 Å². The first-order chi connectivity index (χ1) is 20.6. The Balaban J connectivity index is 1.42. The predicted octanol–water partition coefficient (Wildman–Crippen LogP) is 7.24. The van der Waals surface area contributed by atoms with Crippen molar-refractivity contribution in [2.75, 3.05) is 45.9 Å². The molecule has 3 aromatic carbocycles. The summed E-state index contributed by atoms with van der Waals surface area (Å²) in [7, 11) is 0. The second-order valence-corrected chi connectivity index (χ2v) is 10.9. The lowest BCUT2D eigenvalue weighted by Crippen LogP contribution is -2.25. The number of imidazole rings is 1. The first-order valence-corrected chi connectivity index (χ1v) is 16.0. The second kappa shape index (κ2) is 16.9. The zero-order valence-corrected chi connectivity index (χ0v) is 26.2. The van der Waals surface area contributed by atoms with Gasteiger partial charge in [0, 0.05) is 25.6 Å². The summed E-state index contributed by atoms with van der Waals surface area (Å²) in [6, 6.07) is 25.2. The van der Waals surface area contributed by atoms with Gasteiger partial charge in [-0.1, -0.05) is 70.2 Å². The van der Waals surface area contributed by atoms with E-state index in [0.717, 1.165) is 101 Å². The number of hydrogen-bond acceptors (Lipinski definition) is 5. The maximum absolute atomic E-state index is 6.20. The maximum atomic E-state index is 6.20. The van der Waals surface area contributed by atoms with E-state index in [2.05, 4.69) is 96.7 Å². The molecule has 6 nitrogen and oxygen atoms in total. The molecule has 0 radical (unpaired) electrons. The SMILES string of the molecule is CCN(CC)CCCOc1ccc2nc(CCc3ccc(OCc4ccccc4)cc3)n(CCCN(CC)CC)c2c1. The van der Waals surface area contributed by atoms with Crippen LogP contribution in [-0.2, 0) is 26.0 Å². The van der Waals surface area contributed by atoms with E-state index in [4.69, 9.17) is 14.5 Å². The molecule has 0 spiro atoms. The summed E-state index contributed by atoms with van der Waals surface area (Å²) in [5.74, 6) is 2.98. The first kappa shape index (κ1) is 31.6. The number of nitrogens with zero attached hydrogens (tertiary/aromatic N) is 4. The number of aryl methyl sites for hydroxylation is 3. The van der Waals surface area contributed by atoms with E-state index in [-0.39, 0.29) is 0 Å². The third-order valence-corrected chi connectivity index (χ3v) is 8.14. The molecule has 0 amide bonds. The molecule has 0 saturated carbocycles. The Morgan fingerprint density at radius 1 is 0.667 bits per heavy atom. The fraction of sp³-hybridized carbons (Fsp3) is 0.472. The van der Waals surface area contributed by atoms with Crippen molar-refractivity contribution in [3.8, 4) is 11.5 Å². The van der Waals surface area contributed by atoms with Crippen molar-refractivity contribution >= 4 is 11.0 Å². The van der Waals surface area contributed by atoms with Crippen LogP contribution in [0.25, 0.3) is 11.0 Å². The van der Waals surface area contributed by atoms with Crippen LogP contribution in [-0.4, -0.2) is 65.2 Å². The highest BCUT2D eigenvalue weighted by molar-refractivity contribution is 5.78. The first-order valence-electron chi connectivity index (χ1n) is 16.0. The van der Waals surface area contributed by atoms with Crippen LogP contribution < -0.4 is 9.47 Å². The highest BCUT2D eigenvalue weighted by Gasteiger charge is 2.13. The molecule has 1 heterocycles. The quantitative estimate of drug-likeness (QED) is 0.111. The fourth-order valence-electron chi connectivity index (χ4n) is 5.44. The molecule has 1 aromatic heterocycles. The van der Waals surface area contributed by atoms with Crippen LogP contribution in [0.1, 0.15) is 57.5 Å². The minimum atomic E-state index is 0.583. The van der Waals surface area contributed by atoms with Crippen LogP contribution in [0.5, 0.6) is 11.5 Å². The minimum Gasteiger partial charge on any atom is -0.493 e. The molecule has 4 rings (SSSR count). The van der Waals surface area contributed by atoms with Gasteiger partial charge in [-0.25, -0.2) is 4.98 Å². The number of rotatable bonds is 19. The lowest BCUT2D eigenvalue weighted by molar-refractivity contribution is 0.249. The van der Waals surface area contributed by atoms with Crippen molar-refractivity contribution in [1.29, 1.82) is 0 Å². The number of fused-ring (bicyclic) bond motifs is 1. The number of hydrogen-bond donors (Lipinski definition) is 0. The largest absolute Gasteiger partial charge is 0.493 e. The van der Waals surface area contributed by atoms with Crippen LogP contribution in [0.4, 0.5) is 0 Å². The summed E-state index contributed by atoms with van der Waals surface area (Å²) in [6.07, 6.45) is 3.96. The van der Waals surface area contributed by atoms with Crippen molar-refractivity contribution < 1.29 is 9.47 Å². The van der Waals surface area contributed by atoms with Crippen molar-refractivity contribution in [2.24, 2.45) is 0 Å². The molecule has 0 N–H and O–H groups in total. The van der Waals surface area contributed by atoms with Crippen LogP contribution >= 0.6 is 0 Å². The van der Waals surface area contributed by atoms with Gasteiger partial charge in [0.25, 0.3) is 0 Å². The zero-order valence-electron chi connectivity index (χ0n) is 26.2. The van der Waals surface area contributed by atoms with Gasteiger partial charge in [0.05, 0.1) is 17.6 Å². The van der Waals surface area contributed by atoms with Gasteiger partial charge in [-0.15, -0.1) is 0 Å². The Morgan fingerprint density at radius 2 is 1.33 bits per heavy atom. The monoisotopic (exact) mass is 570 g/mol. The summed E-state index contributed by atoms with van der Waals surface area (Å²) in [5.41, 5.74) is 4.69. The van der Waals surface area contributed by atoms with E-state index < -0.39 is 0 Å². The zero-order chi connectivity index (χ0) is 29.6. The molecule has 0 unspecified atom stereocenters. The van der Waals surface area contributed by atoms with Gasteiger partial charge in [0.2, 0.25) is 0 Å². The van der Waals surface area contributed by atoms with Gasteiger partial charge in [0.1, 0.15) is 23.9 Å². The van der Waals surface area contributed by atoms with Crippen LogP contribution in [0, 0.1) is 0 Å². The lowest BCUT2D eigenvalue weighted by atomic mass is 10.1. The predicted molar refractivity (Wildman–Crippen MR) is 175 cm³/mol. The molecule has 0 aliphatic rings. The van der Waals surface area contributed by atoms with Gasteiger partial charge in [-0.3, -0.25) is 0 Å². The Labute approximate surface area is 253 Å². The normalized spacial score (nSPS) is 11.6. The summed E-state index contributed by atoms with van der Waals surface area (Å²) in [6.45, 7) is 17.7. The summed E-state index contributed by atoms with van der Waals surface area (Å²) in [5, 5.41) is 0. The van der Waals surface area contributed by atoms with Gasteiger partial charge in [-0.05, 0) is 87.4 Å². The van der Waals surface area contributed by atoms with Crippen molar-refractivity contribution in [2.45, 2.75) is 66.5 Å². The van der Waals surface area contributed by atoms with E-state index >= 15 is 0 Å². The lowest BCUT2D eigenvalue weighted by Gasteiger charge is -2.19. The van der Waals surface area contributed by atoms with Crippen molar-refractivity contribution in [3.05, 3.63) is 89.7 Å². The molecule has 0 atom stereocenters. The minimum absolute atomic E-state index is 0.583. The Kier molecular flexibility index (Phi) is 12.7. The summed E-state index contributed by atoms with van der Waals surface area (Å²) in [4.78, 5) is 10.0. The Morgan fingerprint density at radius 3 is 2.02 bits per heavy atom. The van der Waals surface area contributed by atoms with Gasteiger partial charge < -0.3 is 23.8 Å². The molecule has 226 valence electrons. The van der Waals surface area contributed by atoms with Gasteiger partial charge in [-0.2, -0.15) is 0 Å². The molecule has 6 heteroatoms. The maximum Gasteiger partial charge on any atom is 0.121 e. The molecule has 4 aromatic rings. The van der Waals surface area contributed by atoms with Crippen LogP contribution in [0.2, 0.25) is 0 Å². The van der Waals surface area contributed by atoms with E-state index in [0.29, 0.717) is 6.61 Å². The van der Waals surface area contributed by atoms with Gasteiger partial charge in [0.15, 0.2) is 0 Å². The molecular weight excluding hydrogens is 520 g/mol. The average Bonchev–Trinajstić information content (AvgIpc) is 3.38. The highest BCUT2D eigenvalue weighted by atomic mass is 16.5. The summed E-state index contributed by atoms with van der Waals surface area (Å²) >= 11 is 0. The number of benzene rings is 3. The molecule has 0 fully saturated rings. The number of aromatic nitrogens is 2. The molecule has 0 bridgehead atoms. The van der Waals surface area contributed by atoms with Crippen molar-refractivity contribution in [1.82, 2.24) is 19.4 Å². The molecular formula is C36H50N4O2. The topological polar surface area (TPSA) is 42.8 Å².